The summed E-state index contributed by atoms with van der Waals surface area (Å²) in [7, 11) is 0. The number of benzene rings is 1. The molecule has 0 atom stereocenters. The Morgan fingerprint density at radius 1 is 1.08 bits per heavy atom. The van der Waals surface area contributed by atoms with Crippen molar-refractivity contribution < 1.29 is 23.5 Å². The molecule has 0 saturated carbocycles. The summed E-state index contributed by atoms with van der Waals surface area (Å²) in [6.07, 6.45) is 0.748. The highest BCUT2D eigenvalue weighted by atomic mass is 19.1. The van der Waals surface area contributed by atoms with Gasteiger partial charge in [0.25, 0.3) is 11.8 Å². The van der Waals surface area contributed by atoms with Crippen molar-refractivity contribution in [3.05, 3.63) is 35.6 Å². The zero-order valence-corrected chi connectivity index (χ0v) is 15.9. The first-order valence-corrected chi connectivity index (χ1v) is 8.39. The second kappa shape index (κ2) is 8.78. The Hall–Kier alpha value is -2.44. The first-order valence-electron chi connectivity index (χ1n) is 8.39. The van der Waals surface area contributed by atoms with Crippen molar-refractivity contribution in [3.63, 3.8) is 0 Å². The lowest BCUT2D eigenvalue weighted by molar-refractivity contribution is -0.148. The molecule has 0 radical (unpaired) electrons. The number of hydrogen-bond donors (Lipinski definition) is 2. The Morgan fingerprint density at radius 2 is 1.69 bits per heavy atom. The van der Waals surface area contributed by atoms with E-state index in [1.807, 2.05) is 13.8 Å². The highest BCUT2D eigenvalue weighted by Crippen LogP contribution is 2.26. The lowest BCUT2D eigenvalue weighted by Crippen LogP contribution is -2.47. The second-order valence-electron chi connectivity index (χ2n) is 7.99. The quantitative estimate of drug-likeness (QED) is 0.726. The molecule has 0 aliphatic carbocycles. The van der Waals surface area contributed by atoms with E-state index in [2.05, 4.69) is 31.4 Å². The maximum Gasteiger partial charge on any atom is 0.325 e. The third-order valence-corrected chi connectivity index (χ3v) is 3.33. The van der Waals surface area contributed by atoms with E-state index in [0.717, 1.165) is 12.5 Å². The van der Waals surface area contributed by atoms with E-state index in [9.17, 15) is 18.8 Å². The molecule has 0 bridgehead atoms. The predicted molar refractivity (Wildman–Crippen MR) is 96.0 cm³/mol. The Balaban J connectivity index is 2.39. The molecular weight excluding hydrogens is 339 g/mol. The number of halogens is 1. The number of esters is 1. The molecule has 2 amide bonds. The molecule has 0 aliphatic rings. The molecule has 1 aromatic rings. The number of nitrogens with one attached hydrogen (secondary N) is 2. The standard InChI is InChI=1S/C19H27FN2O4/c1-18(2,3)12-19(4,5)22-15(23)11-26-16(24)10-21-17(25)13-8-6-7-9-14(13)20/h6-9H,10-12H2,1-5H3,(H,21,25)(H,22,23). The molecule has 7 heteroatoms. The van der Waals surface area contributed by atoms with Gasteiger partial charge in [-0.2, -0.15) is 0 Å². The van der Waals surface area contributed by atoms with Gasteiger partial charge < -0.3 is 15.4 Å². The highest BCUT2D eigenvalue weighted by molar-refractivity contribution is 5.96. The van der Waals surface area contributed by atoms with Gasteiger partial charge in [-0.1, -0.05) is 32.9 Å². The zero-order valence-electron chi connectivity index (χ0n) is 15.9. The van der Waals surface area contributed by atoms with Crippen molar-refractivity contribution in [2.45, 2.75) is 46.6 Å². The Bertz CT molecular complexity index is 666. The van der Waals surface area contributed by atoms with Crippen molar-refractivity contribution in [1.29, 1.82) is 0 Å². The molecule has 1 rings (SSSR count). The van der Waals surface area contributed by atoms with Gasteiger partial charge >= 0.3 is 5.97 Å². The Kier molecular flexibility index (Phi) is 7.29. The fourth-order valence-corrected chi connectivity index (χ4v) is 2.87. The first kappa shape index (κ1) is 21.6. The molecule has 0 fully saturated rings. The minimum atomic E-state index is -0.779. The SMILES string of the molecule is CC(C)(C)CC(C)(C)NC(=O)COC(=O)CNC(=O)c1ccccc1F. The largest absolute Gasteiger partial charge is 0.454 e. The van der Waals surface area contributed by atoms with Crippen molar-refractivity contribution in [1.82, 2.24) is 10.6 Å². The van der Waals surface area contributed by atoms with Crippen LogP contribution in [0, 0.1) is 11.2 Å². The van der Waals surface area contributed by atoms with Gasteiger partial charge in [-0.05, 0) is 37.8 Å². The van der Waals surface area contributed by atoms with Gasteiger partial charge in [0.15, 0.2) is 6.61 Å². The molecule has 144 valence electrons. The number of rotatable bonds is 7. The van der Waals surface area contributed by atoms with E-state index in [0.29, 0.717) is 0 Å². The van der Waals surface area contributed by atoms with E-state index < -0.39 is 42.3 Å². The summed E-state index contributed by atoms with van der Waals surface area (Å²) in [5, 5.41) is 5.07. The highest BCUT2D eigenvalue weighted by Gasteiger charge is 2.27. The molecule has 0 aromatic heterocycles. The average Bonchev–Trinajstić information content (AvgIpc) is 2.48. The van der Waals surface area contributed by atoms with Crippen LogP contribution >= 0.6 is 0 Å². The Labute approximate surface area is 153 Å². The van der Waals surface area contributed by atoms with Gasteiger partial charge in [0.2, 0.25) is 0 Å². The van der Waals surface area contributed by atoms with Crippen LogP contribution in [0.2, 0.25) is 0 Å². The smallest absolute Gasteiger partial charge is 0.325 e. The summed E-state index contributed by atoms with van der Waals surface area (Å²) >= 11 is 0. The first-order chi connectivity index (χ1) is 11.9. The monoisotopic (exact) mass is 366 g/mol. The van der Waals surface area contributed by atoms with Crippen LogP contribution < -0.4 is 10.6 Å². The molecule has 0 aliphatic heterocycles. The van der Waals surface area contributed by atoms with E-state index in [4.69, 9.17) is 4.74 Å². The second-order valence-corrected chi connectivity index (χ2v) is 7.99. The lowest BCUT2D eigenvalue weighted by Gasteiger charge is -2.33. The molecule has 0 heterocycles. The minimum absolute atomic E-state index is 0.0322. The van der Waals surface area contributed by atoms with Crippen molar-refractivity contribution >= 4 is 17.8 Å². The van der Waals surface area contributed by atoms with Crippen LogP contribution in [-0.2, 0) is 14.3 Å². The van der Waals surface area contributed by atoms with E-state index in [-0.39, 0.29) is 11.0 Å². The number of amides is 2. The zero-order chi connectivity index (χ0) is 20.0. The third kappa shape index (κ3) is 8.09. The molecule has 0 unspecified atom stereocenters. The van der Waals surface area contributed by atoms with Crippen LogP contribution in [0.1, 0.15) is 51.4 Å². The lowest BCUT2D eigenvalue weighted by atomic mass is 9.82. The molecule has 6 nitrogen and oxygen atoms in total. The predicted octanol–water partition coefficient (Wildman–Crippen LogP) is 2.43. The normalized spacial score (nSPS) is 11.6. The van der Waals surface area contributed by atoms with Gasteiger partial charge in [0.1, 0.15) is 12.4 Å². The average molecular weight is 366 g/mol. The Morgan fingerprint density at radius 3 is 2.27 bits per heavy atom. The summed E-state index contributed by atoms with van der Waals surface area (Å²) in [6, 6.07) is 5.43. The molecular formula is C19H27FN2O4. The summed E-state index contributed by atoms with van der Waals surface area (Å²) in [5.74, 6) is -2.61. The van der Waals surface area contributed by atoms with Gasteiger partial charge in [-0.15, -0.1) is 0 Å². The van der Waals surface area contributed by atoms with E-state index in [1.54, 1.807) is 0 Å². The number of hydrogen-bond acceptors (Lipinski definition) is 4. The summed E-state index contributed by atoms with van der Waals surface area (Å²) in [4.78, 5) is 35.4. The van der Waals surface area contributed by atoms with Crippen LogP contribution in [0.5, 0.6) is 0 Å². The molecule has 0 saturated heterocycles. The van der Waals surface area contributed by atoms with E-state index in [1.165, 1.54) is 18.2 Å². The van der Waals surface area contributed by atoms with Gasteiger partial charge in [0.05, 0.1) is 5.56 Å². The molecule has 0 spiro atoms. The van der Waals surface area contributed by atoms with Gasteiger partial charge in [0, 0.05) is 5.54 Å². The van der Waals surface area contributed by atoms with Gasteiger partial charge in [-0.3, -0.25) is 14.4 Å². The summed E-state index contributed by atoms with van der Waals surface area (Å²) in [5.41, 5.74) is -0.576. The summed E-state index contributed by atoms with van der Waals surface area (Å²) < 4.78 is 18.3. The topological polar surface area (TPSA) is 84.5 Å². The van der Waals surface area contributed by atoms with Gasteiger partial charge in [-0.25, -0.2) is 4.39 Å². The third-order valence-electron chi connectivity index (χ3n) is 3.33. The van der Waals surface area contributed by atoms with Crippen molar-refractivity contribution in [2.75, 3.05) is 13.2 Å². The maximum atomic E-state index is 13.5. The van der Waals surface area contributed by atoms with Crippen LogP contribution in [0.3, 0.4) is 0 Å². The number of ether oxygens (including phenoxy) is 1. The van der Waals surface area contributed by atoms with Crippen LogP contribution in [-0.4, -0.2) is 36.5 Å². The minimum Gasteiger partial charge on any atom is -0.454 e. The molecule has 2 N–H and O–H groups in total. The number of carbonyl (C=O) groups excluding carboxylic acids is 3. The fourth-order valence-electron chi connectivity index (χ4n) is 2.87. The van der Waals surface area contributed by atoms with Crippen LogP contribution in [0.15, 0.2) is 24.3 Å². The van der Waals surface area contributed by atoms with Crippen LogP contribution in [0.25, 0.3) is 0 Å². The molecule has 26 heavy (non-hydrogen) atoms. The maximum absolute atomic E-state index is 13.5. The van der Waals surface area contributed by atoms with E-state index >= 15 is 0 Å². The molecule has 1 aromatic carbocycles. The van der Waals surface area contributed by atoms with Crippen molar-refractivity contribution in [3.8, 4) is 0 Å². The van der Waals surface area contributed by atoms with Crippen molar-refractivity contribution in [2.24, 2.45) is 5.41 Å². The fraction of sp³-hybridized carbons (Fsp3) is 0.526. The summed E-state index contributed by atoms with van der Waals surface area (Å²) in [6.45, 7) is 9.10. The van der Waals surface area contributed by atoms with Crippen LogP contribution in [0.4, 0.5) is 4.39 Å². The number of carbonyl (C=O) groups is 3.